The van der Waals surface area contributed by atoms with Crippen LogP contribution in [0.25, 0.3) is 0 Å². The second-order valence-corrected chi connectivity index (χ2v) is 4.52. The zero-order chi connectivity index (χ0) is 15.6. The van der Waals surface area contributed by atoms with E-state index in [1.165, 1.54) is 12.1 Å². The molecule has 0 spiro atoms. The summed E-state index contributed by atoms with van der Waals surface area (Å²) in [6.07, 6.45) is 0. The predicted molar refractivity (Wildman–Crippen MR) is 68.3 cm³/mol. The van der Waals surface area contributed by atoms with Gasteiger partial charge in [0.05, 0.1) is 0 Å². The van der Waals surface area contributed by atoms with E-state index in [2.05, 4.69) is 0 Å². The summed E-state index contributed by atoms with van der Waals surface area (Å²) < 4.78 is 63.0. The summed E-state index contributed by atoms with van der Waals surface area (Å²) >= 11 is 0. The fraction of sp³-hybridized carbons (Fsp3) is 0.200. The average molecular weight is 300 g/mol. The number of ether oxygens (including phenoxy) is 2. The van der Waals surface area contributed by atoms with Crippen molar-refractivity contribution in [3.63, 3.8) is 0 Å². The van der Waals surface area contributed by atoms with Gasteiger partial charge in [0.15, 0.2) is 23.1 Å². The Morgan fingerprint density at radius 1 is 0.714 bits per heavy atom. The second-order valence-electron chi connectivity index (χ2n) is 4.52. The van der Waals surface area contributed by atoms with E-state index in [9.17, 15) is 17.6 Å². The highest BCUT2D eigenvalue weighted by Crippen LogP contribution is 2.24. The number of hydrogen-bond acceptors (Lipinski definition) is 2. The van der Waals surface area contributed by atoms with Gasteiger partial charge in [0.1, 0.15) is 0 Å². The Morgan fingerprint density at radius 2 is 1.10 bits per heavy atom. The van der Waals surface area contributed by atoms with Gasteiger partial charge in [-0.05, 0) is 49.2 Å². The van der Waals surface area contributed by atoms with Gasteiger partial charge in [0, 0.05) is 0 Å². The maximum atomic E-state index is 13.4. The van der Waals surface area contributed by atoms with E-state index in [1.54, 1.807) is 13.8 Å². The van der Waals surface area contributed by atoms with Crippen LogP contribution in [0.4, 0.5) is 17.6 Å². The van der Waals surface area contributed by atoms with Crippen molar-refractivity contribution < 1.29 is 27.0 Å². The number of benzene rings is 2. The molecule has 0 saturated carbocycles. The second kappa shape index (κ2) is 6.03. The Bertz CT molecular complexity index is 614. The Kier molecular flexibility index (Phi) is 4.35. The van der Waals surface area contributed by atoms with E-state index in [-0.39, 0.29) is 11.5 Å². The van der Waals surface area contributed by atoms with Gasteiger partial charge >= 0.3 is 0 Å². The standard InChI is InChI=1S/C15H12F4O2/c1-8-3-10(16)14(18)12(5-8)20-7-21-13-6-9(2)4-11(17)15(13)19/h3-6H,7H2,1-2H3. The Morgan fingerprint density at radius 3 is 1.48 bits per heavy atom. The third kappa shape index (κ3) is 3.45. The van der Waals surface area contributed by atoms with Crippen LogP contribution in [0.1, 0.15) is 11.1 Å². The van der Waals surface area contributed by atoms with Crippen LogP contribution < -0.4 is 9.47 Å². The molecule has 2 nitrogen and oxygen atoms in total. The fourth-order valence-electron chi connectivity index (χ4n) is 1.75. The largest absolute Gasteiger partial charge is 0.454 e. The fourth-order valence-corrected chi connectivity index (χ4v) is 1.75. The number of halogens is 4. The van der Waals surface area contributed by atoms with Crippen molar-refractivity contribution in [3.8, 4) is 11.5 Å². The Hall–Kier alpha value is -2.24. The molecule has 0 atom stereocenters. The molecule has 2 aromatic carbocycles. The maximum Gasteiger partial charge on any atom is 0.231 e. The third-order valence-corrected chi connectivity index (χ3v) is 2.71. The van der Waals surface area contributed by atoms with Gasteiger partial charge < -0.3 is 9.47 Å². The van der Waals surface area contributed by atoms with E-state index in [1.807, 2.05) is 0 Å². The van der Waals surface area contributed by atoms with Crippen LogP contribution >= 0.6 is 0 Å². The molecule has 0 radical (unpaired) electrons. The summed E-state index contributed by atoms with van der Waals surface area (Å²) in [5, 5.41) is 0. The van der Waals surface area contributed by atoms with Crippen LogP contribution in [0.5, 0.6) is 11.5 Å². The smallest absolute Gasteiger partial charge is 0.231 e. The van der Waals surface area contributed by atoms with Crippen molar-refractivity contribution in [1.82, 2.24) is 0 Å². The first-order chi connectivity index (χ1) is 9.88. The molecule has 2 aromatic rings. The molecule has 0 saturated heterocycles. The van der Waals surface area contributed by atoms with Crippen LogP contribution in [0.3, 0.4) is 0 Å². The minimum Gasteiger partial charge on any atom is -0.454 e. The van der Waals surface area contributed by atoms with Gasteiger partial charge in [0.25, 0.3) is 0 Å². The van der Waals surface area contributed by atoms with Gasteiger partial charge in [-0.15, -0.1) is 0 Å². The minimum absolute atomic E-state index is 0.360. The highest BCUT2D eigenvalue weighted by molar-refractivity contribution is 5.32. The molecule has 0 aromatic heterocycles. The molecule has 0 aliphatic carbocycles. The van der Waals surface area contributed by atoms with Gasteiger partial charge in [-0.2, -0.15) is 8.78 Å². The Labute approximate surface area is 118 Å². The molecule has 112 valence electrons. The molecule has 0 aliphatic heterocycles. The van der Waals surface area contributed by atoms with Crippen molar-refractivity contribution in [2.75, 3.05) is 6.79 Å². The minimum atomic E-state index is -1.17. The van der Waals surface area contributed by atoms with Crippen molar-refractivity contribution in [3.05, 3.63) is 58.7 Å². The zero-order valence-electron chi connectivity index (χ0n) is 11.3. The van der Waals surface area contributed by atoms with Crippen LogP contribution in [-0.2, 0) is 0 Å². The normalized spacial score (nSPS) is 10.6. The van der Waals surface area contributed by atoms with Crippen molar-refractivity contribution in [1.29, 1.82) is 0 Å². The van der Waals surface area contributed by atoms with Crippen LogP contribution in [-0.4, -0.2) is 6.79 Å². The van der Waals surface area contributed by atoms with Gasteiger partial charge in [0.2, 0.25) is 18.4 Å². The average Bonchev–Trinajstić information content (AvgIpc) is 2.40. The van der Waals surface area contributed by atoms with Gasteiger partial charge in [-0.1, -0.05) is 0 Å². The van der Waals surface area contributed by atoms with Crippen LogP contribution in [0.2, 0.25) is 0 Å². The Balaban J connectivity index is 2.09. The van der Waals surface area contributed by atoms with E-state index in [0.29, 0.717) is 11.1 Å². The summed E-state index contributed by atoms with van der Waals surface area (Å²) in [5.74, 6) is -5.17. The number of rotatable bonds is 4. The highest BCUT2D eigenvalue weighted by atomic mass is 19.2. The quantitative estimate of drug-likeness (QED) is 0.620. The SMILES string of the molecule is Cc1cc(F)c(F)c(OCOc2cc(C)cc(F)c2F)c1. The molecule has 0 fully saturated rings. The summed E-state index contributed by atoms with van der Waals surface area (Å²) in [6, 6.07) is 4.57. The number of aryl methyl sites for hydroxylation is 2. The first kappa shape index (κ1) is 15.2. The molecular formula is C15H12F4O2. The van der Waals surface area contributed by atoms with Gasteiger partial charge in [-0.25, -0.2) is 8.78 Å². The van der Waals surface area contributed by atoms with E-state index >= 15 is 0 Å². The van der Waals surface area contributed by atoms with Crippen molar-refractivity contribution in [2.24, 2.45) is 0 Å². The lowest BCUT2D eigenvalue weighted by atomic mass is 10.2. The highest BCUT2D eigenvalue weighted by Gasteiger charge is 2.13. The number of hydrogen-bond donors (Lipinski definition) is 0. The first-order valence-corrected chi connectivity index (χ1v) is 6.05. The lowest BCUT2D eigenvalue weighted by Gasteiger charge is -2.11. The van der Waals surface area contributed by atoms with E-state index < -0.39 is 30.1 Å². The summed E-state index contributed by atoms with van der Waals surface area (Å²) in [5.41, 5.74) is 0.911. The summed E-state index contributed by atoms with van der Waals surface area (Å²) in [4.78, 5) is 0. The molecule has 0 aliphatic rings. The lowest BCUT2D eigenvalue weighted by Crippen LogP contribution is -2.09. The van der Waals surface area contributed by atoms with Gasteiger partial charge in [-0.3, -0.25) is 0 Å². The molecular weight excluding hydrogens is 288 g/mol. The zero-order valence-corrected chi connectivity index (χ0v) is 11.3. The third-order valence-electron chi connectivity index (χ3n) is 2.71. The van der Waals surface area contributed by atoms with Crippen LogP contribution in [0.15, 0.2) is 24.3 Å². The first-order valence-electron chi connectivity index (χ1n) is 6.05. The molecule has 2 rings (SSSR count). The monoisotopic (exact) mass is 300 g/mol. The molecule has 21 heavy (non-hydrogen) atoms. The summed E-state index contributed by atoms with van der Waals surface area (Å²) in [6.45, 7) is 2.54. The molecule has 0 N–H and O–H groups in total. The predicted octanol–water partition coefficient (Wildman–Crippen LogP) is 4.28. The maximum absolute atomic E-state index is 13.4. The molecule has 0 unspecified atom stereocenters. The summed E-state index contributed by atoms with van der Waals surface area (Å²) in [7, 11) is 0. The van der Waals surface area contributed by atoms with E-state index in [4.69, 9.17) is 9.47 Å². The topological polar surface area (TPSA) is 18.5 Å². The van der Waals surface area contributed by atoms with Crippen molar-refractivity contribution >= 4 is 0 Å². The van der Waals surface area contributed by atoms with Crippen molar-refractivity contribution in [2.45, 2.75) is 13.8 Å². The molecule has 6 heteroatoms. The van der Waals surface area contributed by atoms with E-state index in [0.717, 1.165) is 12.1 Å². The lowest BCUT2D eigenvalue weighted by molar-refractivity contribution is 0.109. The molecule has 0 heterocycles. The molecule has 0 amide bonds. The molecule has 0 bridgehead atoms. The van der Waals surface area contributed by atoms with Crippen LogP contribution in [0, 0.1) is 37.1 Å².